The zero-order valence-electron chi connectivity index (χ0n) is 20.1. The number of rotatable bonds is 4. The van der Waals surface area contributed by atoms with Crippen LogP contribution in [0.25, 0.3) is 5.82 Å². The lowest BCUT2D eigenvalue weighted by atomic mass is 9.93. The summed E-state index contributed by atoms with van der Waals surface area (Å²) in [5.41, 5.74) is 7.01. The first kappa shape index (κ1) is 23.6. The van der Waals surface area contributed by atoms with E-state index in [0.29, 0.717) is 61.2 Å². The summed E-state index contributed by atoms with van der Waals surface area (Å²) in [6, 6.07) is 1.36. The number of hydrogen-bond donors (Lipinski definition) is 1. The first-order valence-electron chi connectivity index (χ1n) is 11.7. The number of urea groups is 1. The average molecular weight is 495 g/mol. The molecule has 0 aromatic carbocycles. The Morgan fingerprint density at radius 3 is 2.56 bits per heavy atom. The summed E-state index contributed by atoms with van der Waals surface area (Å²) in [7, 11) is 0. The molecule has 12 nitrogen and oxygen atoms in total. The maximum absolute atomic E-state index is 13.7. The van der Waals surface area contributed by atoms with Gasteiger partial charge in [-0.3, -0.25) is 9.79 Å². The molecule has 36 heavy (non-hydrogen) atoms. The molecule has 1 saturated heterocycles. The van der Waals surface area contributed by atoms with Gasteiger partial charge in [0.1, 0.15) is 18.0 Å². The number of anilines is 1. The highest BCUT2D eigenvalue weighted by atomic mass is 19.1. The zero-order valence-corrected chi connectivity index (χ0v) is 20.1. The molecule has 2 aromatic rings. The predicted molar refractivity (Wildman–Crippen MR) is 131 cm³/mol. The molecule has 2 aromatic heterocycles. The molecular formula is C23H27FN10O2. The molecule has 5 heterocycles. The van der Waals surface area contributed by atoms with Crippen LogP contribution in [0.2, 0.25) is 0 Å². The summed E-state index contributed by atoms with van der Waals surface area (Å²) < 4.78 is 15.3. The number of amides is 3. The third kappa shape index (κ3) is 4.32. The van der Waals surface area contributed by atoms with E-state index in [4.69, 9.17) is 5.73 Å². The van der Waals surface area contributed by atoms with Crippen molar-refractivity contribution in [3.8, 4) is 5.82 Å². The van der Waals surface area contributed by atoms with Crippen molar-refractivity contribution in [1.82, 2.24) is 29.7 Å². The Kier molecular flexibility index (Phi) is 6.20. The van der Waals surface area contributed by atoms with E-state index < -0.39 is 5.91 Å². The molecule has 3 aliphatic heterocycles. The molecule has 0 saturated carbocycles. The number of hydrazone groups is 1. The number of primary amides is 1. The topological polar surface area (TPSA) is 138 Å². The Morgan fingerprint density at radius 1 is 1.11 bits per heavy atom. The van der Waals surface area contributed by atoms with Gasteiger partial charge in [-0.2, -0.15) is 10.2 Å². The molecule has 3 aliphatic rings. The third-order valence-electron chi connectivity index (χ3n) is 6.75. The fourth-order valence-electron chi connectivity index (χ4n) is 4.90. The molecule has 1 unspecified atom stereocenters. The molecule has 3 amide bonds. The Morgan fingerprint density at radius 2 is 1.86 bits per heavy atom. The van der Waals surface area contributed by atoms with Gasteiger partial charge in [0.15, 0.2) is 5.82 Å². The van der Waals surface area contributed by atoms with E-state index in [1.54, 1.807) is 41.9 Å². The number of nitrogens with zero attached hydrogens (tertiary/aromatic N) is 9. The number of aromatic nitrogens is 4. The van der Waals surface area contributed by atoms with E-state index in [2.05, 4.69) is 30.1 Å². The first-order chi connectivity index (χ1) is 17.3. The molecular weight excluding hydrogens is 467 g/mol. The summed E-state index contributed by atoms with van der Waals surface area (Å²) in [5.74, 6) is 0.195. The smallest absolute Gasteiger partial charge is 0.340 e. The fraction of sp³-hybridized carbons (Fsp3) is 0.435. The van der Waals surface area contributed by atoms with Crippen LogP contribution in [0.1, 0.15) is 34.6 Å². The molecule has 1 fully saturated rings. The van der Waals surface area contributed by atoms with E-state index in [1.807, 2.05) is 0 Å². The molecule has 0 spiro atoms. The van der Waals surface area contributed by atoms with Crippen molar-refractivity contribution in [3.05, 3.63) is 41.4 Å². The van der Waals surface area contributed by atoms with E-state index >= 15 is 0 Å². The van der Waals surface area contributed by atoms with Crippen LogP contribution in [-0.4, -0.2) is 86.2 Å². The number of nitrogens with two attached hydrogens (primary N) is 1. The largest absolute Gasteiger partial charge is 0.365 e. The van der Waals surface area contributed by atoms with E-state index in [9.17, 15) is 14.0 Å². The Bertz CT molecular complexity index is 1280. The normalized spacial score (nSPS) is 21.8. The van der Waals surface area contributed by atoms with Crippen LogP contribution in [-0.2, 0) is 0 Å². The molecule has 13 heteroatoms. The molecule has 2 atom stereocenters. The number of aryl methyl sites for hydroxylation is 1. The van der Waals surface area contributed by atoms with E-state index in [0.717, 1.165) is 0 Å². The zero-order chi connectivity index (χ0) is 25.4. The minimum atomic E-state index is -0.534. The lowest BCUT2D eigenvalue weighted by Gasteiger charge is -2.38. The standard InChI is InChI=1S/C23H27FN10O2/c1-14-21(22(25)35)15(2)33(30-14)20-10-19(27-13-28-20)31-5-7-32(8-6-31)23(36)34-18(3-4-29-34)16-9-17(24)12-26-11-16/h4,10-13,16,18H,3,5-9H2,1-2H3,(H2,25,35)/t16?,18-/m0/s1. The van der Waals surface area contributed by atoms with Gasteiger partial charge in [0.05, 0.1) is 29.2 Å². The lowest BCUT2D eigenvalue weighted by Crippen LogP contribution is -2.54. The number of carbonyl (C=O) groups excluding carboxylic acids is 2. The Labute approximate surface area is 207 Å². The highest BCUT2D eigenvalue weighted by Gasteiger charge is 2.37. The van der Waals surface area contributed by atoms with Crippen LogP contribution < -0.4 is 10.6 Å². The van der Waals surface area contributed by atoms with Crippen LogP contribution in [0.4, 0.5) is 15.0 Å². The van der Waals surface area contributed by atoms with Gasteiger partial charge >= 0.3 is 6.03 Å². The van der Waals surface area contributed by atoms with Gasteiger partial charge in [0.2, 0.25) is 0 Å². The van der Waals surface area contributed by atoms with Gasteiger partial charge in [-0.1, -0.05) is 0 Å². The maximum Gasteiger partial charge on any atom is 0.340 e. The number of allylic oxidation sites excluding steroid dienone is 1. The first-order valence-corrected chi connectivity index (χ1v) is 11.7. The molecule has 5 rings (SSSR count). The fourth-order valence-corrected chi connectivity index (χ4v) is 4.90. The summed E-state index contributed by atoms with van der Waals surface area (Å²) in [6.45, 7) is 5.59. The second-order valence-corrected chi connectivity index (χ2v) is 9.00. The van der Waals surface area contributed by atoms with Crippen LogP contribution in [0.3, 0.4) is 0 Å². The molecule has 0 radical (unpaired) electrons. The van der Waals surface area contributed by atoms with Crippen LogP contribution >= 0.6 is 0 Å². The minimum Gasteiger partial charge on any atom is -0.365 e. The number of hydrogen-bond acceptors (Lipinski definition) is 8. The highest BCUT2D eigenvalue weighted by molar-refractivity contribution is 5.95. The van der Waals surface area contributed by atoms with Crippen molar-refractivity contribution in [2.24, 2.45) is 21.7 Å². The number of carbonyl (C=O) groups is 2. The van der Waals surface area contributed by atoms with Crippen molar-refractivity contribution in [2.45, 2.75) is 32.7 Å². The minimum absolute atomic E-state index is 0.193. The molecule has 188 valence electrons. The monoisotopic (exact) mass is 494 g/mol. The van der Waals surface area contributed by atoms with Crippen molar-refractivity contribution in [3.63, 3.8) is 0 Å². The maximum atomic E-state index is 13.7. The van der Waals surface area contributed by atoms with Crippen LogP contribution in [0, 0.1) is 19.8 Å². The van der Waals surface area contributed by atoms with Crippen molar-refractivity contribution < 1.29 is 14.0 Å². The van der Waals surface area contributed by atoms with E-state index in [-0.39, 0.29) is 30.2 Å². The summed E-state index contributed by atoms with van der Waals surface area (Å²) in [5, 5.41) is 10.2. The summed E-state index contributed by atoms with van der Waals surface area (Å²) in [4.78, 5) is 41.5. The predicted octanol–water partition coefficient (Wildman–Crippen LogP) is 1.58. The number of halogens is 1. The van der Waals surface area contributed by atoms with Gasteiger partial charge in [0.25, 0.3) is 5.91 Å². The summed E-state index contributed by atoms with van der Waals surface area (Å²) >= 11 is 0. The number of aliphatic imine (C=N–C) groups is 1. The quantitative estimate of drug-likeness (QED) is 0.685. The van der Waals surface area contributed by atoms with Gasteiger partial charge < -0.3 is 15.5 Å². The van der Waals surface area contributed by atoms with Crippen LogP contribution in [0.15, 0.2) is 34.5 Å². The second kappa shape index (κ2) is 9.47. The van der Waals surface area contributed by atoms with Crippen molar-refractivity contribution in [2.75, 3.05) is 31.1 Å². The summed E-state index contributed by atoms with van der Waals surface area (Å²) in [6.07, 6.45) is 6.86. The Hall–Kier alpha value is -4.16. The lowest BCUT2D eigenvalue weighted by molar-refractivity contribution is 0.0999. The highest BCUT2D eigenvalue weighted by Crippen LogP contribution is 2.28. The molecule has 0 aliphatic carbocycles. The number of piperazine rings is 1. The van der Waals surface area contributed by atoms with Gasteiger partial charge in [-0.15, -0.1) is 0 Å². The molecule has 0 bridgehead atoms. The van der Waals surface area contributed by atoms with Gasteiger partial charge in [0, 0.05) is 63.4 Å². The second-order valence-electron chi connectivity index (χ2n) is 9.00. The third-order valence-corrected chi connectivity index (χ3v) is 6.75. The van der Waals surface area contributed by atoms with Crippen molar-refractivity contribution in [1.29, 1.82) is 0 Å². The van der Waals surface area contributed by atoms with Gasteiger partial charge in [-0.05, 0) is 13.8 Å². The van der Waals surface area contributed by atoms with Gasteiger partial charge in [-0.25, -0.2) is 28.8 Å². The average Bonchev–Trinajstić information content (AvgIpc) is 3.48. The molecule has 2 N–H and O–H groups in total. The van der Waals surface area contributed by atoms with Crippen LogP contribution in [0.5, 0.6) is 0 Å². The van der Waals surface area contributed by atoms with Crippen molar-refractivity contribution >= 4 is 30.2 Å². The SMILES string of the molecule is Cc1nn(-c2cc(N3CCN(C(=O)N4N=CC[C@H]4C4C=NC=C(F)C4)CC3)ncn2)c(C)c1C(N)=O. The Balaban J connectivity index is 1.25. The van der Waals surface area contributed by atoms with E-state index in [1.165, 1.54) is 17.5 Å².